The number of pyridine rings is 1. The number of piperazine rings is 1. The number of aryl methyl sites for hydroxylation is 1. The number of nitriles is 2. The van der Waals surface area contributed by atoms with E-state index in [0.717, 1.165) is 29.2 Å². The van der Waals surface area contributed by atoms with Crippen LogP contribution in [-0.4, -0.2) is 61.2 Å². The molecule has 41 heavy (non-hydrogen) atoms. The maximum atomic E-state index is 12.5. The zero-order valence-electron chi connectivity index (χ0n) is 23.3. The third-order valence-electron chi connectivity index (χ3n) is 7.95. The maximum Gasteiger partial charge on any atom is 0.246 e. The summed E-state index contributed by atoms with van der Waals surface area (Å²) in [4.78, 5) is 23.5. The number of rotatable bonds is 8. The van der Waals surface area contributed by atoms with Crippen molar-refractivity contribution in [3.05, 3.63) is 71.4 Å². The van der Waals surface area contributed by atoms with Crippen LogP contribution in [0.4, 0.5) is 11.4 Å². The van der Waals surface area contributed by atoms with Crippen molar-refractivity contribution in [2.24, 2.45) is 0 Å². The van der Waals surface area contributed by atoms with E-state index < -0.39 is 0 Å². The smallest absolute Gasteiger partial charge is 0.246 e. The van der Waals surface area contributed by atoms with Gasteiger partial charge in [0.05, 0.1) is 43.1 Å². The van der Waals surface area contributed by atoms with E-state index in [1.165, 1.54) is 22.4 Å². The summed E-state index contributed by atoms with van der Waals surface area (Å²) in [6.45, 7) is 8.23. The van der Waals surface area contributed by atoms with Crippen molar-refractivity contribution >= 4 is 28.1 Å². The molecule has 1 saturated heterocycles. The Balaban J connectivity index is 1.57. The van der Waals surface area contributed by atoms with Crippen LogP contribution >= 0.6 is 0 Å². The predicted octanol–water partition coefficient (Wildman–Crippen LogP) is 3.22. The minimum Gasteiger partial charge on any atom is -0.854 e. The topological polar surface area (TPSA) is 120 Å². The summed E-state index contributed by atoms with van der Waals surface area (Å²) in [6.07, 6.45) is 2.43. The Hall–Kier alpha value is -4.60. The third kappa shape index (κ3) is 5.41. The van der Waals surface area contributed by atoms with Crippen LogP contribution in [0.1, 0.15) is 35.2 Å². The fraction of sp³-hybridized carbons (Fsp3) is 0.375. The summed E-state index contributed by atoms with van der Waals surface area (Å²) in [6, 6.07) is 16.8. The van der Waals surface area contributed by atoms with E-state index in [1.807, 2.05) is 0 Å². The largest absolute Gasteiger partial charge is 0.854 e. The highest BCUT2D eigenvalue weighted by atomic mass is 16.5. The molecule has 1 atom stereocenters. The molecule has 210 valence electrons. The highest BCUT2D eigenvalue weighted by Gasteiger charge is 2.35. The summed E-state index contributed by atoms with van der Waals surface area (Å²) in [5.41, 5.74) is 5.26. The highest BCUT2D eigenvalue weighted by Crippen LogP contribution is 2.40. The number of ether oxygens (including phenoxy) is 1. The van der Waals surface area contributed by atoms with E-state index in [4.69, 9.17) is 9.72 Å². The first-order valence-electron chi connectivity index (χ1n) is 14.0. The molecule has 3 heterocycles. The molecule has 0 spiro atoms. The monoisotopic (exact) mass is 549 g/mol. The van der Waals surface area contributed by atoms with Crippen molar-refractivity contribution in [2.75, 3.05) is 49.2 Å². The third-order valence-corrected chi connectivity index (χ3v) is 7.95. The molecular formula is C32H33N6O3-. The number of hydrogen-bond acceptors (Lipinski definition) is 8. The molecule has 0 N–H and O–H groups in total. The molecule has 0 aliphatic carbocycles. The molecule has 1 aromatic heterocycles. The van der Waals surface area contributed by atoms with Crippen molar-refractivity contribution in [1.82, 2.24) is 9.88 Å². The Labute approximate surface area is 240 Å². The number of benzene rings is 2. The number of anilines is 2. The van der Waals surface area contributed by atoms with Gasteiger partial charge < -0.3 is 24.5 Å². The van der Waals surface area contributed by atoms with Gasteiger partial charge in [-0.2, -0.15) is 10.5 Å². The SMILES string of the molecule is C=CC(=O)N1CCN(c2c(C#N)c(OCCC[O-])nc3c2CCN(c2cccc4cccc(C)c24)C3)C[C@@H]1CC#N. The molecule has 5 rings (SSSR count). The van der Waals surface area contributed by atoms with E-state index in [0.29, 0.717) is 44.6 Å². The molecule has 0 unspecified atom stereocenters. The molecule has 0 radical (unpaired) electrons. The Bertz CT molecular complexity index is 1550. The first kappa shape index (κ1) is 27.9. The van der Waals surface area contributed by atoms with Crippen LogP contribution in [0.2, 0.25) is 0 Å². The van der Waals surface area contributed by atoms with Crippen LogP contribution in [-0.2, 0) is 17.8 Å². The first-order chi connectivity index (χ1) is 20.0. The fourth-order valence-corrected chi connectivity index (χ4v) is 6.04. The van der Waals surface area contributed by atoms with Crippen LogP contribution in [0.3, 0.4) is 0 Å². The van der Waals surface area contributed by atoms with Gasteiger partial charge in [0.15, 0.2) is 0 Å². The van der Waals surface area contributed by atoms with Gasteiger partial charge in [-0.1, -0.05) is 36.9 Å². The van der Waals surface area contributed by atoms with E-state index in [2.05, 4.69) is 71.8 Å². The summed E-state index contributed by atoms with van der Waals surface area (Å²) in [5.74, 6) is 0.0249. The van der Waals surface area contributed by atoms with E-state index in [1.54, 1.807) is 4.90 Å². The van der Waals surface area contributed by atoms with Crippen LogP contribution in [0.15, 0.2) is 49.1 Å². The lowest BCUT2D eigenvalue weighted by Gasteiger charge is -2.43. The Morgan fingerprint density at radius 2 is 2.00 bits per heavy atom. The molecule has 0 bridgehead atoms. The molecule has 0 saturated carbocycles. The molecule has 3 aromatic rings. The molecule has 9 heteroatoms. The number of hydrogen-bond donors (Lipinski definition) is 0. The molecule has 2 aromatic carbocycles. The first-order valence-corrected chi connectivity index (χ1v) is 14.0. The second-order valence-electron chi connectivity index (χ2n) is 10.4. The molecule has 2 aliphatic heterocycles. The fourth-order valence-electron chi connectivity index (χ4n) is 6.04. The van der Waals surface area contributed by atoms with Crippen molar-refractivity contribution in [3.63, 3.8) is 0 Å². The maximum absolute atomic E-state index is 12.5. The number of carbonyl (C=O) groups is 1. The van der Waals surface area contributed by atoms with Crippen LogP contribution in [0.5, 0.6) is 5.88 Å². The van der Waals surface area contributed by atoms with Gasteiger partial charge in [0.1, 0.15) is 11.6 Å². The van der Waals surface area contributed by atoms with Crippen molar-refractivity contribution in [1.29, 1.82) is 10.5 Å². The van der Waals surface area contributed by atoms with Crippen molar-refractivity contribution in [2.45, 2.75) is 38.8 Å². The zero-order chi connectivity index (χ0) is 28.9. The lowest BCUT2D eigenvalue weighted by molar-refractivity contribution is -0.368. The standard InChI is InChI=1S/C32H33N6O3/c1-3-29(40)38-16-15-37(20-24(38)11-13-33)31-25-12-14-36(28-10-5-9-23-8-4-7-22(2)30(23)28)21-27(25)35-32(26(31)19-34)41-18-6-17-39/h3-5,7-10,24H,1,6,11-12,14-18,20-21H2,2H3/q-1/t24-/m0/s1. The molecule has 9 nitrogen and oxygen atoms in total. The minimum atomic E-state index is -0.335. The van der Waals surface area contributed by atoms with Crippen LogP contribution in [0, 0.1) is 29.6 Å². The van der Waals surface area contributed by atoms with Gasteiger partial charge in [-0.3, -0.25) is 4.79 Å². The summed E-state index contributed by atoms with van der Waals surface area (Å²) >= 11 is 0. The zero-order valence-corrected chi connectivity index (χ0v) is 23.3. The van der Waals surface area contributed by atoms with Gasteiger partial charge in [-0.05, 0) is 42.9 Å². The number of aromatic nitrogens is 1. The summed E-state index contributed by atoms with van der Waals surface area (Å²) in [5, 5.41) is 33.3. The van der Waals surface area contributed by atoms with Gasteiger partial charge in [-0.25, -0.2) is 4.98 Å². The minimum absolute atomic E-state index is 0.173. The highest BCUT2D eigenvalue weighted by molar-refractivity contribution is 5.97. The van der Waals surface area contributed by atoms with E-state index in [-0.39, 0.29) is 37.5 Å². The van der Waals surface area contributed by atoms with E-state index >= 15 is 0 Å². The quantitative estimate of drug-likeness (QED) is 0.310. The summed E-state index contributed by atoms with van der Waals surface area (Å²) in [7, 11) is 0. The second kappa shape index (κ2) is 12.3. The number of amides is 1. The van der Waals surface area contributed by atoms with Crippen LogP contribution < -0.4 is 19.6 Å². The normalized spacial score (nSPS) is 16.6. The Kier molecular flexibility index (Phi) is 8.37. The average Bonchev–Trinajstić information content (AvgIpc) is 3.00. The van der Waals surface area contributed by atoms with E-state index in [9.17, 15) is 20.4 Å². The number of fused-ring (bicyclic) bond motifs is 2. The lowest BCUT2D eigenvalue weighted by atomic mass is 9.95. The van der Waals surface area contributed by atoms with Gasteiger partial charge >= 0.3 is 0 Å². The predicted molar refractivity (Wildman–Crippen MR) is 156 cm³/mol. The Morgan fingerprint density at radius 3 is 2.73 bits per heavy atom. The van der Waals surface area contributed by atoms with Crippen molar-refractivity contribution in [3.8, 4) is 18.0 Å². The molecule has 1 fully saturated rings. The lowest BCUT2D eigenvalue weighted by Crippen LogP contribution is -2.55. The van der Waals surface area contributed by atoms with Gasteiger partial charge in [-0.15, -0.1) is 6.61 Å². The average molecular weight is 550 g/mol. The van der Waals surface area contributed by atoms with Crippen molar-refractivity contribution < 1.29 is 14.6 Å². The van der Waals surface area contributed by atoms with Gasteiger partial charge in [0.2, 0.25) is 11.8 Å². The summed E-state index contributed by atoms with van der Waals surface area (Å²) < 4.78 is 5.94. The molecule has 2 aliphatic rings. The number of nitrogens with zero attached hydrogens (tertiary/aromatic N) is 6. The van der Waals surface area contributed by atoms with Gasteiger partial charge in [0.25, 0.3) is 0 Å². The number of carbonyl (C=O) groups excluding carboxylic acids is 1. The Morgan fingerprint density at radius 1 is 1.20 bits per heavy atom. The molecular weight excluding hydrogens is 516 g/mol. The molecule has 1 amide bonds. The van der Waals surface area contributed by atoms with Gasteiger partial charge in [0, 0.05) is 42.8 Å². The van der Waals surface area contributed by atoms with Crippen LogP contribution in [0.25, 0.3) is 10.8 Å². The second-order valence-corrected chi connectivity index (χ2v) is 10.4.